The molecule has 0 atom stereocenters. The molecule has 0 saturated heterocycles. The molecule has 3 aromatic rings. The van der Waals surface area contributed by atoms with Crippen molar-refractivity contribution in [2.75, 3.05) is 18.0 Å². The predicted octanol–water partition coefficient (Wildman–Crippen LogP) is 3.92. The van der Waals surface area contributed by atoms with Crippen LogP contribution in [0.25, 0.3) is 10.1 Å². The molecule has 2 N–H and O–H groups in total. The van der Waals surface area contributed by atoms with Gasteiger partial charge < -0.3 is 10.6 Å². The van der Waals surface area contributed by atoms with Crippen LogP contribution < -0.4 is 10.6 Å². The van der Waals surface area contributed by atoms with E-state index < -0.39 is 0 Å². The van der Waals surface area contributed by atoms with Gasteiger partial charge >= 0.3 is 0 Å². The molecule has 3 rings (SSSR count). The molecule has 108 valence electrons. The molecule has 0 bridgehead atoms. The molecule has 0 fully saturated rings. The number of fused-ring (bicyclic) bond motifs is 1. The Kier molecular flexibility index (Phi) is 4.13. The van der Waals surface area contributed by atoms with E-state index >= 15 is 0 Å². The average Bonchev–Trinajstić information content (AvgIpc) is 2.98. The van der Waals surface area contributed by atoms with Crippen LogP contribution in [0, 0.1) is 5.82 Å². The molecule has 2 aromatic heterocycles. The quantitative estimate of drug-likeness (QED) is 0.776. The Morgan fingerprint density at radius 3 is 2.71 bits per heavy atom. The molecule has 21 heavy (non-hydrogen) atoms. The van der Waals surface area contributed by atoms with Crippen LogP contribution in [-0.4, -0.2) is 18.1 Å². The van der Waals surface area contributed by atoms with Crippen LogP contribution in [0.3, 0.4) is 0 Å². The summed E-state index contributed by atoms with van der Waals surface area (Å²) < 4.78 is 14.3. The summed E-state index contributed by atoms with van der Waals surface area (Å²) in [6, 6.07) is 10.6. The van der Waals surface area contributed by atoms with E-state index in [1.54, 1.807) is 23.5 Å². The third-order valence-corrected chi connectivity index (χ3v) is 4.22. The van der Waals surface area contributed by atoms with Crippen molar-refractivity contribution in [2.45, 2.75) is 6.42 Å². The highest BCUT2D eigenvalue weighted by atomic mass is 32.1. The van der Waals surface area contributed by atoms with E-state index in [1.807, 2.05) is 12.3 Å². The van der Waals surface area contributed by atoms with E-state index in [-0.39, 0.29) is 5.82 Å². The highest BCUT2D eigenvalue weighted by Crippen LogP contribution is 2.32. The van der Waals surface area contributed by atoms with E-state index in [0.717, 1.165) is 29.9 Å². The first-order valence-electron chi connectivity index (χ1n) is 6.85. The van der Waals surface area contributed by atoms with Gasteiger partial charge in [0.05, 0.1) is 0 Å². The van der Waals surface area contributed by atoms with Gasteiger partial charge in [-0.05, 0) is 54.7 Å². The van der Waals surface area contributed by atoms with E-state index in [0.29, 0.717) is 6.54 Å². The smallest absolute Gasteiger partial charge is 0.141 e. The third kappa shape index (κ3) is 2.89. The second-order valence-corrected chi connectivity index (χ2v) is 5.68. The fourth-order valence-electron chi connectivity index (χ4n) is 2.32. The van der Waals surface area contributed by atoms with Gasteiger partial charge in [0, 0.05) is 28.5 Å². The molecule has 0 radical (unpaired) electrons. The summed E-state index contributed by atoms with van der Waals surface area (Å²) in [5, 5.41) is 3.17. The minimum atomic E-state index is -0.237. The number of nitrogens with zero attached hydrogens (tertiary/aromatic N) is 2. The first kappa shape index (κ1) is 14.0. The summed E-state index contributed by atoms with van der Waals surface area (Å²) in [5.74, 6) is 0.660. The van der Waals surface area contributed by atoms with Gasteiger partial charge in [-0.2, -0.15) is 0 Å². The summed E-state index contributed by atoms with van der Waals surface area (Å²) in [6.45, 7) is 1.36. The molecule has 0 saturated carbocycles. The Bertz CT molecular complexity index is 724. The Morgan fingerprint density at radius 1 is 1.14 bits per heavy atom. The van der Waals surface area contributed by atoms with Crippen LogP contribution in [0.15, 0.2) is 48.0 Å². The zero-order chi connectivity index (χ0) is 14.7. The Morgan fingerprint density at radius 2 is 1.95 bits per heavy atom. The highest BCUT2D eigenvalue weighted by molar-refractivity contribution is 7.17. The van der Waals surface area contributed by atoms with Crippen molar-refractivity contribution in [3.05, 3.63) is 53.8 Å². The molecule has 0 aliphatic rings. The zero-order valence-corrected chi connectivity index (χ0v) is 12.3. The van der Waals surface area contributed by atoms with Crippen molar-refractivity contribution in [3.63, 3.8) is 0 Å². The Balaban J connectivity index is 2.06. The lowest BCUT2D eigenvalue weighted by Gasteiger charge is -2.24. The minimum Gasteiger partial charge on any atom is -0.330 e. The molecule has 0 unspecified atom stereocenters. The number of halogens is 1. The van der Waals surface area contributed by atoms with Crippen LogP contribution in [0.1, 0.15) is 6.42 Å². The number of nitrogens with two attached hydrogens (primary N) is 1. The molecule has 5 heteroatoms. The molecule has 0 aliphatic heterocycles. The van der Waals surface area contributed by atoms with Crippen LogP contribution in [0.2, 0.25) is 0 Å². The third-order valence-electron chi connectivity index (χ3n) is 3.34. The summed E-state index contributed by atoms with van der Waals surface area (Å²) in [5.41, 5.74) is 6.57. The maximum Gasteiger partial charge on any atom is 0.141 e. The van der Waals surface area contributed by atoms with E-state index in [1.165, 1.54) is 16.8 Å². The van der Waals surface area contributed by atoms with Crippen molar-refractivity contribution in [1.82, 2.24) is 4.98 Å². The average molecular weight is 301 g/mol. The maximum absolute atomic E-state index is 13.2. The van der Waals surface area contributed by atoms with E-state index in [2.05, 4.69) is 21.3 Å². The number of hydrogen-bond donors (Lipinski definition) is 1. The number of benzene rings is 1. The van der Waals surface area contributed by atoms with Gasteiger partial charge in [-0.1, -0.05) is 0 Å². The summed E-state index contributed by atoms with van der Waals surface area (Å²) >= 11 is 1.69. The van der Waals surface area contributed by atoms with Crippen LogP contribution in [-0.2, 0) is 0 Å². The molecule has 3 nitrogen and oxygen atoms in total. The SMILES string of the molecule is NCCCN(c1ccc(F)cc1)c1nccc2sccc12. The molecule has 1 aromatic carbocycles. The van der Waals surface area contributed by atoms with Crippen molar-refractivity contribution >= 4 is 32.9 Å². The van der Waals surface area contributed by atoms with Gasteiger partial charge in [-0.25, -0.2) is 9.37 Å². The lowest BCUT2D eigenvalue weighted by molar-refractivity contribution is 0.627. The first-order chi connectivity index (χ1) is 10.3. The van der Waals surface area contributed by atoms with Crippen molar-refractivity contribution in [1.29, 1.82) is 0 Å². The summed E-state index contributed by atoms with van der Waals surface area (Å²) in [4.78, 5) is 6.63. The fourth-order valence-corrected chi connectivity index (χ4v) is 3.10. The summed E-state index contributed by atoms with van der Waals surface area (Å²) in [6.07, 6.45) is 2.66. The van der Waals surface area contributed by atoms with Gasteiger partial charge in [0.2, 0.25) is 0 Å². The van der Waals surface area contributed by atoms with Crippen molar-refractivity contribution in [3.8, 4) is 0 Å². The zero-order valence-electron chi connectivity index (χ0n) is 11.5. The molecule has 0 aliphatic carbocycles. The Labute approximate surface area is 126 Å². The number of thiophene rings is 1. The van der Waals surface area contributed by atoms with Crippen LogP contribution in [0.5, 0.6) is 0 Å². The number of aromatic nitrogens is 1. The number of anilines is 2. The van der Waals surface area contributed by atoms with Crippen molar-refractivity contribution in [2.24, 2.45) is 5.73 Å². The largest absolute Gasteiger partial charge is 0.330 e. The van der Waals surface area contributed by atoms with Gasteiger partial charge in [-0.15, -0.1) is 11.3 Å². The highest BCUT2D eigenvalue weighted by Gasteiger charge is 2.14. The standard InChI is InChI=1S/C16H16FN3S/c17-12-2-4-13(5-3-12)20(10-1-8-18)16-14-7-11-21-15(14)6-9-19-16/h2-7,9,11H,1,8,10,18H2. The van der Waals surface area contributed by atoms with E-state index in [9.17, 15) is 4.39 Å². The van der Waals surface area contributed by atoms with Crippen LogP contribution >= 0.6 is 11.3 Å². The molecule has 0 amide bonds. The molecular weight excluding hydrogens is 285 g/mol. The molecule has 2 heterocycles. The molecular formula is C16H16FN3S. The normalized spacial score (nSPS) is 11.0. The lowest BCUT2D eigenvalue weighted by atomic mass is 10.2. The van der Waals surface area contributed by atoms with E-state index in [4.69, 9.17) is 5.73 Å². The minimum absolute atomic E-state index is 0.237. The van der Waals surface area contributed by atoms with Gasteiger partial charge in [-0.3, -0.25) is 0 Å². The summed E-state index contributed by atoms with van der Waals surface area (Å²) in [7, 11) is 0. The van der Waals surface area contributed by atoms with Crippen LogP contribution in [0.4, 0.5) is 15.9 Å². The topological polar surface area (TPSA) is 42.1 Å². The second-order valence-electron chi connectivity index (χ2n) is 4.74. The fraction of sp³-hybridized carbons (Fsp3) is 0.188. The lowest BCUT2D eigenvalue weighted by Crippen LogP contribution is -2.22. The van der Waals surface area contributed by atoms with Gasteiger partial charge in [0.15, 0.2) is 0 Å². The van der Waals surface area contributed by atoms with Crippen molar-refractivity contribution < 1.29 is 4.39 Å². The monoisotopic (exact) mass is 301 g/mol. The number of rotatable bonds is 5. The predicted molar refractivity (Wildman–Crippen MR) is 86.7 cm³/mol. The second kappa shape index (κ2) is 6.20. The van der Waals surface area contributed by atoms with Gasteiger partial charge in [0.1, 0.15) is 11.6 Å². The maximum atomic E-state index is 13.2. The first-order valence-corrected chi connectivity index (χ1v) is 7.73. The number of pyridine rings is 1. The van der Waals surface area contributed by atoms with Gasteiger partial charge in [0.25, 0.3) is 0 Å². The Hall–Kier alpha value is -1.98. The molecule has 0 spiro atoms. The number of hydrogen-bond acceptors (Lipinski definition) is 4.